The van der Waals surface area contributed by atoms with Gasteiger partial charge in [0.15, 0.2) is 0 Å². The maximum Gasteiger partial charge on any atom is 0.220 e. The van der Waals surface area contributed by atoms with E-state index in [0.717, 1.165) is 62.1 Å². The van der Waals surface area contributed by atoms with Gasteiger partial charge in [0, 0.05) is 55.8 Å². The quantitative estimate of drug-likeness (QED) is 0.620. The van der Waals surface area contributed by atoms with Crippen LogP contribution in [-0.2, 0) is 11.3 Å². The molecule has 0 aliphatic heterocycles. The van der Waals surface area contributed by atoms with Crippen LogP contribution in [0.4, 0.5) is 0 Å². The van der Waals surface area contributed by atoms with E-state index in [4.69, 9.17) is 0 Å². The predicted molar refractivity (Wildman–Crippen MR) is 114 cm³/mol. The zero-order valence-electron chi connectivity index (χ0n) is 17.2. The minimum absolute atomic E-state index is 0.144. The largest absolute Gasteiger partial charge is 0.356 e. The highest BCUT2D eigenvalue weighted by atomic mass is 16.1. The Hall–Kier alpha value is -3.09. The van der Waals surface area contributed by atoms with Crippen molar-refractivity contribution in [2.75, 3.05) is 6.54 Å². The fourth-order valence-corrected chi connectivity index (χ4v) is 4.21. The third kappa shape index (κ3) is 5.28. The predicted octanol–water partition coefficient (Wildman–Crippen LogP) is 3.61. The molecule has 0 unspecified atom stereocenters. The normalized spacial score (nSPS) is 18.8. The molecule has 1 aliphatic rings. The summed E-state index contributed by atoms with van der Waals surface area (Å²) in [6.45, 7) is 1.60. The smallest absolute Gasteiger partial charge is 0.220 e. The third-order valence-corrected chi connectivity index (χ3v) is 5.88. The third-order valence-electron chi connectivity index (χ3n) is 5.88. The number of aryl methyl sites for hydroxylation is 1. The molecule has 0 atom stereocenters. The topological polar surface area (TPSA) is 85.6 Å². The van der Waals surface area contributed by atoms with Gasteiger partial charge < -0.3 is 9.88 Å². The SMILES string of the molecule is O=C(CCCn1ccnc1)NCC1CCC(c2ncncc2-c2ccccn2)CC1. The van der Waals surface area contributed by atoms with E-state index in [1.54, 1.807) is 25.0 Å². The van der Waals surface area contributed by atoms with Crippen molar-refractivity contribution in [3.8, 4) is 11.3 Å². The van der Waals surface area contributed by atoms with Gasteiger partial charge in [-0.05, 0) is 50.2 Å². The number of aromatic nitrogens is 5. The summed E-state index contributed by atoms with van der Waals surface area (Å²) in [5.74, 6) is 1.11. The van der Waals surface area contributed by atoms with E-state index in [2.05, 4.69) is 25.3 Å². The van der Waals surface area contributed by atoms with Crippen LogP contribution in [0, 0.1) is 5.92 Å². The first-order valence-corrected chi connectivity index (χ1v) is 10.7. The molecule has 0 bridgehead atoms. The van der Waals surface area contributed by atoms with Gasteiger partial charge in [-0.3, -0.25) is 9.78 Å². The summed E-state index contributed by atoms with van der Waals surface area (Å²) in [4.78, 5) is 29.5. The van der Waals surface area contributed by atoms with Crippen molar-refractivity contribution >= 4 is 5.91 Å². The Balaban J connectivity index is 1.23. The average Bonchev–Trinajstić information content (AvgIpc) is 3.32. The lowest BCUT2D eigenvalue weighted by Gasteiger charge is -2.29. The van der Waals surface area contributed by atoms with Crippen molar-refractivity contribution in [3.05, 3.63) is 61.3 Å². The molecular formula is C23H28N6O. The first kappa shape index (κ1) is 20.2. The maximum absolute atomic E-state index is 12.1. The fourth-order valence-electron chi connectivity index (χ4n) is 4.21. The molecule has 1 aliphatic carbocycles. The molecule has 4 rings (SSSR count). The second-order valence-electron chi connectivity index (χ2n) is 7.96. The van der Waals surface area contributed by atoms with Gasteiger partial charge in [0.05, 0.1) is 17.7 Å². The van der Waals surface area contributed by atoms with Crippen LogP contribution < -0.4 is 5.32 Å². The number of nitrogens with zero attached hydrogens (tertiary/aromatic N) is 5. The van der Waals surface area contributed by atoms with Crippen molar-refractivity contribution in [3.63, 3.8) is 0 Å². The van der Waals surface area contributed by atoms with Gasteiger partial charge in [0.1, 0.15) is 6.33 Å². The van der Waals surface area contributed by atoms with Gasteiger partial charge in [0.2, 0.25) is 5.91 Å². The number of carbonyl (C=O) groups is 1. The lowest BCUT2D eigenvalue weighted by Crippen LogP contribution is -2.31. The molecule has 3 heterocycles. The number of carbonyl (C=O) groups excluding carboxylic acids is 1. The molecule has 3 aromatic heterocycles. The van der Waals surface area contributed by atoms with Gasteiger partial charge >= 0.3 is 0 Å². The number of hydrogen-bond acceptors (Lipinski definition) is 5. The number of nitrogens with one attached hydrogen (secondary N) is 1. The number of amides is 1. The minimum atomic E-state index is 0.144. The van der Waals surface area contributed by atoms with Gasteiger partial charge in [0.25, 0.3) is 0 Å². The van der Waals surface area contributed by atoms with E-state index in [1.165, 1.54) is 0 Å². The van der Waals surface area contributed by atoms with E-state index in [-0.39, 0.29) is 5.91 Å². The summed E-state index contributed by atoms with van der Waals surface area (Å²) < 4.78 is 2.00. The molecule has 1 N–H and O–H groups in total. The molecule has 0 saturated heterocycles. The van der Waals surface area contributed by atoms with Gasteiger partial charge in [-0.15, -0.1) is 0 Å². The molecule has 0 radical (unpaired) electrons. The molecule has 1 fully saturated rings. The van der Waals surface area contributed by atoms with Crippen LogP contribution in [0.5, 0.6) is 0 Å². The molecule has 7 heteroatoms. The average molecular weight is 405 g/mol. The molecule has 0 spiro atoms. The molecule has 7 nitrogen and oxygen atoms in total. The summed E-state index contributed by atoms with van der Waals surface area (Å²) in [5.41, 5.74) is 3.07. The molecule has 3 aromatic rings. The highest BCUT2D eigenvalue weighted by Crippen LogP contribution is 2.38. The highest BCUT2D eigenvalue weighted by Gasteiger charge is 2.26. The Morgan fingerprint density at radius 1 is 1.10 bits per heavy atom. The molecule has 1 amide bonds. The lowest BCUT2D eigenvalue weighted by molar-refractivity contribution is -0.121. The Kier molecular flexibility index (Phi) is 6.79. The Labute approximate surface area is 177 Å². The standard InChI is InChI=1S/C23H28N6O/c30-22(5-3-12-29-13-11-24-17-29)27-14-18-6-8-19(9-7-18)23-20(15-25-16-28-23)21-4-1-2-10-26-21/h1-2,4,10-11,13,15-19H,3,5-9,12,14H2,(H,27,30). The van der Waals surface area contributed by atoms with Crippen LogP contribution >= 0.6 is 0 Å². The van der Waals surface area contributed by atoms with E-state index < -0.39 is 0 Å². The number of imidazole rings is 1. The second-order valence-corrected chi connectivity index (χ2v) is 7.96. The van der Waals surface area contributed by atoms with Crippen LogP contribution in [0.3, 0.4) is 0 Å². The summed E-state index contributed by atoms with van der Waals surface area (Å²) in [7, 11) is 0. The second kappa shape index (κ2) is 10.1. The Bertz CT molecular complexity index is 920. The Morgan fingerprint density at radius 3 is 2.77 bits per heavy atom. The first-order valence-electron chi connectivity index (χ1n) is 10.7. The van der Waals surface area contributed by atoms with Gasteiger partial charge in [-0.2, -0.15) is 0 Å². The number of pyridine rings is 1. The maximum atomic E-state index is 12.1. The van der Waals surface area contributed by atoms with Gasteiger partial charge in [-0.1, -0.05) is 6.07 Å². The van der Waals surface area contributed by atoms with Crippen LogP contribution in [-0.4, -0.2) is 37.0 Å². The van der Waals surface area contributed by atoms with Crippen molar-refractivity contribution in [1.82, 2.24) is 29.8 Å². The van der Waals surface area contributed by atoms with E-state index in [9.17, 15) is 4.79 Å². The van der Waals surface area contributed by atoms with Crippen molar-refractivity contribution in [2.45, 2.75) is 51.0 Å². The summed E-state index contributed by atoms with van der Waals surface area (Å²) in [6, 6.07) is 5.93. The molecule has 30 heavy (non-hydrogen) atoms. The van der Waals surface area contributed by atoms with Gasteiger partial charge in [-0.25, -0.2) is 15.0 Å². The number of rotatable bonds is 8. The van der Waals surface area contributed by atoms with E-state index >= 15 is 0 Å². The molecule has 156 valence electrons. The van der Waals surface area contributed by atoms with Crippen LogP contribution in [0.25, 0.3) is 11.3 Å². The summed E-state index contributed by atoms with van der Waals surface area (Å²) >= 11 is 0. The zero-order chi connectivity index (χ0) is 20.6. The highest BCUT2D eigenvalue weighted by molar-refractivity contribution is 5.75. The minimum Gasteiger partial charge on any atom is -0.356 e. The van der Waals surface area contributed by atoms with E-state index in [0.29, 0.717) is 18.3 Å². The molecular weight excluding hydrogens is 376 g/mol. The first-order chi connectivity index (χ1) is 14.8. The zero-order valence-corrected chi connectivity index (χ0v) is 17.2. The monoisotopic (exact) mass is 404 g/mol. The molecule has 0 aromatic carbocycles. The van der Waals surface area contributed by atoms with Crippen molar-refractivity contribution in [1.29, 1.82) is 0 Å². The van der Waals surface area contributed by atoms with Crippen molar-refractivity contribution in [2.24, 2.45) is 5.92 Å². The van der Waals surface area contributed by atoms with Crippen LogP contribution in [0.1, 0.15) is 50.1 Å². The Morgan fingerprint density at radius 2 is 2.00 bits per heavy atom. The summed E-state index contributed by atoms with van der Waals surface area (Å²) in [6.07, 6.45) is 16.5. The number of hydrogen-bond donors (Lipinski definition) is 1. The molecule has 1 saturated carbocycles. The van der Waals surface area contributed by atoms with E-state index in [1.807, 2.05) is 35.2 Å². The lowest BCUT2D eigenvalue weighted by atomic mass is 9.79. The van der Waals surface area contributed by atoms with Crippen LogP contribution in [0.15, 0.2) is 55.6 Å². The van der Waals surface area contributed by atoms with Crippen LogP contribution in [0.2, 0.25) is 0 Å². The van der Waals surface area contributed by atoms with Crippen molar-refractivity contribution < 1.29 is 4.79 Å². The summed E-state index contributed by atoms with van der Waals surface area (Å²) in [5, 5.41) is 3.12. The fraction of sp³-hybridized carbons (Fsp3) is 0.435.